The lowest BCUT2D eigenvalue weighted by Crippen LogP contribution is -2.44. The lowest BCUT2D eigenvalue weighted by molar-refractivity contribution is -0.102. The standard InChI is InChI=1S/C41H63FN5O9P/c1-3-4-5-6-7-8-9-10-11-12-13-14-15-16-17-18-21-52-27-34(53-26-32-22-31(25-43)23-33(42)24-32)28-54-57(50,51)55-29-41(2)39(49)37(48)38(56-41)35-19-20-36-40(44)45-30-46-47(35)36/h19-20,22-24,30,34,37-39,48-49H,3-18,21,26-29H2,1-2H3,(H,50,51)(H2,44,45,46)/t34-,37-,38-,39-,41+/m0/s1. The number of phosphoric acid groups is 1. The fraction of sp³-hybridized carbons (Fsp3) is 0.683. The number of unbranched alkanes of at least 4 members (excludes halogenated alkanes) is 15. The van der Waals surface area contributed by atoms with Crippen LogP contribution in [0.2, 0.25) is 0 Å². The van der Waals surface area contributed by atoms with E-state index in [1.165, 1.54) is 113 Å². The Morgan fingerprint density at radius 1 is 0.965 bits per heavy atom. The Balaban J connectivity index is 1.19. The van der Waals surface area contributed by atoms with Crippen LogP contribution < -0.4 is 5.73 Å². The van der Waals surface area contributed by atoms with E-state index in [1.54, 1.807) is 12.1 Å². The third kappa shape index (κ3) is 15.3. The van der Waals surface area contributed by atoms with Crippen LogP contribution in [0.15, 0.2) is 36.7 Å². The van der Waals surface area contributed by atoms with Crippen molar-refractivity contribution in [3.05, 3.63) is 59.3 Å². The van der Waals surface area contributed by atoms with Gasteiger partial charge < -0.3 is 35.1 Å². The molecule has 57 heavy (non-hydrogen) atoms. The van der Waals surface area contributed by atoms with Gasteiger partial charge in [-0.15, -0.1) is 0 Å². The van der Waals surface area contributed by atoms with Gasteiger partial charge in [-0.2, -0.15) is 10.4 Å². The number of aliphatic hydroxyl groups excluding tert-OH is 2. The van der Waals surface area contributed by atoms with Crippen LogP contribution in [-0.4, -0.2) is 80.0 Å². The number of aliphatic hydroxyl groups is 2. The van der Waals surface area contributed by atoms with E-state index in [2.05, 4.69) is 17.0 Å². The summed E-state index contributed by atoms with van der Waals surface area (Å²) in [6, 6.07) is 9.03. The maximum Gasteiger partial charge on any atom is 0.472 e. The zero-order chi connectivity index (χ0) is 41.1. The predicted molar refractivity (Wildman–Crippen MR) is 213 cm³/mol. The van der Waals surface area contributed by atoms with Crippen LogP contribution in [0.25, 0.3) is 5.52 Å². The number of nitrogens with two attached hydrogens (primary N) is 1. The summed E-state index contributed by atoms with van der Waals surface area (Å²) in [7, 11) is -4.76. The first-order valence-corrected chi connectivity index (χ1v) is 22.1. The highest BCUT2D eigenvalue weighted by atomic mass is 31.2. The highest BCUT2D eigenvalue weighted by molar-refractivity contribution is 7.47. The van der Waals surface area contributed by atoms with E-state index in [-0.39, 0.29) is 24.6 Å². The predicted octanol–water partition coefficient (Wildman–Crippen LogP) is 7.87. The van der Waals surface area contributed by atoms with Crippen molar-refractivity contribution in [3.8, 4) is 6.07 Å². The Labute approximate surface area is 336 Å². The number of rotatable bonds is 29. The molecule has 4 rings (SSSR count). The maximum absolute atomic E-state index is 14.1. The summed E-state index contributed by atoms with van der Waals surface area (Å²) in [5, 5.41) is 35.2. The number of ether oxygens (including phenoxy) is 3. The van der Waals surface area contributed by atoms with E-state index >= 15 is 0 Å². The number of halogens is 1. The van der Waals surface area contributed by atoms with Gasteiger partial charge in [0.1, 0.15) is 47.7 Å². The molecule has 1 aliphatic rings. The molecule has 6 atom stereocenters. The van der Waals surface area contributed by atoms with Gasteiger partial charge in [-0.3, -0.25) is 9.05 Å². The van der Waals surface area contributed by atoms with Crippen LogP contribution in [0.3, 0.4) is 0 Å². The molecule has 5 N–H and O–H groups in total. The Morgan fingerprint density at radius 2 is 1.60 bits per heavy atom. The number of benzene rings is 1. The van der Waals surface area contributed by atoms with Gasteiger partial charge in [0.2, 0.25) is 0 Å². The van der Waals surface area contributed by atoms with Gasteiger partial charge >= 0.3 is 7.82 Å². The Kier molecular flexibility index (Phi) is 19.8. The number of anilines is 1. The highest BCUT2D eigenvalue weighted by Gasteiger charge is 2.53. The topological polar surface area (TPSA) is 204 Å². The number of fused-ring (bicyclic) bond motifs is 1. The van der Waals surface area contributed by atoms with Gasteiger partial charge in [0.05, 0.1) is 43.8 Å². The van der Waals surface area contributed by atoms with Crippen molar-refractivity contribution in [2.24, 2.45) is 0 Å². The molecule has 1 unspecified atom stereocenters. The first-order valence-electron chi connectivity index (χ1n) is 20.6. The first kappa shape index (κ1) is 46.7. The highest BCUT2D eigenvalue weighted by Crippen LogP contribution is 2.47. The number of nitriles is 1. The molecule has 1 saturated heterocycles. The molecular formula is C41H63FN5O9P. The summed E-state index contributed by atoms with van der Waals surface area (Å²) in [4.78, 5) is 14.6. The van der Waals surface area contributed by atoms with Gasteiger partial charge in [0.25, 0.3) is 0 Å². The minimum atomic E-state index is -4.76. The van der Waals surface area contributed by atoms with Crippen molar-refractivity contribution in [2.75, 3.05) is 32.2 Å². The number of nitrogens with zero attached hydrogens (tertiary/aromatic N) is 4. The molecule has 0 saturated carbocycles. The zero-order valence-electron chi connectivity index (χ0n) is 33.6. The van der Waals surface area contributed by atoms with Crippen molar-refractivity contribution >= 4 is 19.2 Å². The van der Waals surface area contributed by atoms with Crippen LogP contribution in [0.1, 0.15) is 140 Å². The van der Waals surface area contributed by atoms with Gasteiger partial charge in [-0.05, 0) is 49.2 Å². The van der Waals surface area contributed by atoms with Crippen LogP contribution in [0.5, 0.6) is 0 Å². The van der Waals surface area contributed by atoms with E-state index in [1.807, 2.05) is 6.07 Å². The number of aromatic nitrogens is 3. The summed E-state index contributed by atoms with van der Waals surface area (Å²) in [6.45, 7) is 3.02. The molecule has 0 aliphatic carbocycles. The maximum atomic E-state index is 14.1. The molecule has 1 fully saturated rings. The molecule has 0 radical (unpaired) electrons. The fourth-order valence-electron chi connectivity index (χ4n) is 7.05. The molecule has 0 bridgehead atoms. The second kappa shape index (κ2) is 24.1. The Hall–Kier alpha value is -3.03. The summed E-state index contributed by atoms with van der Waals surface area (Å²) < 4.78 is 56.9. The van der Waals surface area contributed by atoms with E-state index in [4.69, 9.17) is 29.0 Å². The third-order valence-corrected chi connectivity index (χ3v) is 11.3. The Morgan fingerprint density at radius 3 is 2.23 bits per heavy atom. The average Bonchev–Trinajstić information content (AvgIpc) is 3.72. The summed E-state index contributed by atoms with van der Waals surface area (Å²) in [5.41, 5.74) is 5.71. The van der Waals surface area contributed by atoms with Crippen molar-refractivity contribution in [3.63, 3.8) is 0 Å². The molecule has 1 aromatic carbocycles. The SMILES string of the molecule is CCCCCCCCCCCCCCCCCCOC[C@@H](COP(=O)(O)OC[C@@]1(C)O[C@@H](c2ccc3c(N)ncnn23)[C@H](O)[C@@H]1O)OCc1cc(F)cc(C#N)c1. The van der Waals surface area contributed by atoms with Crippen molar-refractivity contribution in [1.82, 2.24) is 14.6 Å². The number of phosphoric ester groups is 1. The monoisotopic (exact) mass is 819 g/mol. The summed E-state index contributed by atoms with van der Waals surface area (Å²) in [5.74, 6) is -0.377. The number of hydrogen-bond donors (Lipinski definition) is 4. The molecule has 0 spiro atoms. The second-order valence-corrected chi connectivity index (χ2v) is 16.7. The minimum absolute atomic E-state index is 0.0198. The van der Waals surface area contributed by atoms with Gasteiger partial charge in [0.15, 0.2) is 5.82 Å². The normalized spacial score (nSPS) is 21.2. The molecule has 2 aromatic heterocycles. The van der Waals surface area contributed by atoms with Crippen LogP contribution in [-0.2, 0) is 34.4 Å². The van der Waals surface area contributed by atoms with Gasteiger partial charge in [-0.25, -0.2) is 18.5 Å². The molecule has 3 heterocycles. The van der Waals surface area contributed by atoms with E-state index in [0.29, 0.717) is 23.4 Å². The first-order chi connectivity index (χ1) is 27.5. The number of nitrogen functional groups attached to an aromatic ring is 1. The fourth-order valence-corrected chi connectivity index (χ4v) is 7.90. The molecule has 1 aliphatic heterocycles. The summed E-state index contributed by atoms with van der Waals surface area (Å²) >= 11 is 0. The largest absolute Gasteiger partial charge is 0.472 e. The van der Waals surface area contributed by atoms with E-state index < -0.39 is 56.9 Å². The number of hydrogen-bond acceptors (Lipinski definition) is 12. The molecule has 318 valence electrons. The van der Waals surface area contributed by atoms with Crippen LogP contribution >= 0.6 is 7.82 Å². The molecule has 0 amide bonds. The molecule has 3 aromatic rings. The molecule has 16 heteroatoms. The summed E-state index contributed by atoms with van der Waals surface area (Å²) in [6.07, 6.45) is 16.6. The van der Waals surface area contributed by atoms with Gasteiger partial charge in [-0.1, -0.05) is 103 Å². The van der Waals surface area contributed by atoms with Crippen LogP contribution in [0, 0.1) is 17.1 Å². The van der Waals surface area contributed by atoms with Crippen molar-refractivity contribution in [1.29, 1.82) is 5.26 Å². The minimum Gasteiger partial charge on any atom is -0.387 e. The average molecular weight is 820 g/mol. The smallest absolute Gasteiger partial charge is 0.387 e. The van der Waals surface area contributed by atoms with Crippen molar-refractivity contribution in [2.45, 2.75) is 153 Å². The quantitative estimate of drug-likeness (QED) is 0.0389. The Bertz CT molecular complexity index is 1730. The van der Waals surface area contributed by atoms with E-state index in [0.717, 1.165) is 25.3 Å². The lowest BCUT2D eigenvalue weighted by atomic mass is 9.97. The molecule has 14 nitrogen and oxygen atoms in total. The van der Waals surface area contributed by atoms with E-state index in [9.17, 15) is 29.3 Å². The third-order valence-electron chi connectivity index (χ3n) is 10.4. The lowest BCUT2D eigenvalue weighted by Gasteiger charge is -2.28. The molecular weight excluding hydrogens is 756 g/mol. The zero-order valence-corrected chi connectivity index (χ0v) is 34.5. The van der Waals surface area contributed by atoms with Gasteiger partial charge in [0, 0.05) is 6.61 Å². The van der Waals surface area contributed by atoms with Crippen molar-refractivity contribution < 1.29 is 47.3 Å². The second-order valence-electron chi connectivity index (χ2n) is 15.3. The van der Waals surface area contributed by atoms with Crippen LogP contribution in [0.4, 0.5) is 10.2 Å².